The number of rotatable bonds is 7. The highest BCUT2D eigenvalue weighted by Crippen LogP contribution is 2.20. The lowest BCUT2D eigenvalue weighted by molar-refractivity contribution is -0.121. The number of amides is 1. The minimum Gasteiger partial charge on any atom is -0.439 e. The number of nitrogens with zero attached hydrogens (tertiary/aromatic N) is 1. The van der Waals surface area contributed by atoms with Crippen molar-refractivity contribution in [2.24, 2.45) is 0 Å². The molecule has 0 saturated carbocycles. The van der Waals surface area contributed by atoms with Crippen LogP contribution < -0.4 is 10.1 Å². The predicted octanol–water partition coefficient (Wildman–Crippen LogP) is 4.78. The number of aryl methyl sites for hydroxylation is 1. The molecule has 0 saturated heterocycles. The summed E-state index contributed by atoms with van der Waals surface area (Å²) >= 11 is 5.96. The maximum absolute atomic E-state index is 12.1. The van der Waals surface area contributed by atoms with Crippen LogP contribution in [-0.2, 0) is 17.8 Å². The Hall–Kier alpha value is -2.85. The molecule has 0 spiro atoms. The second-order valence-corrected chi connectivity index (χ2v) is 6.26. The van der Waals surface area contributed by atoms with Crippen LogP contribution in [0.1, 0.15) is 17.5 Å². The number of halogens is 1. The maximum Gasteiger partial charge on any atom is 0.220 e. The first-order valence-electron chi connectivity index (χ1n) is 8.38. The van der Waals surface area contributed by atoms with E-state index >= 15 is 0 Å². The van der Waals surface area contributed by atoms with E-state index in [0.717, 1.165) is 11.1 Å². The minimum atomic E-state index is 0.000947. The van der Waals surface area contributed by atoms with E-state index in [-0.39, 0.29) is 5.91 Å². The fourth-order valence-electron chi connectivity index (χ4n) is 2.49. The van der Waals surface area contributed by atoms with Gasteiger partial charge in [0.05, 0.1) is 0 Å². The van der Waals surface area contributed by atoms with Crippen LogP contribution in [0.3, 0.4) is 0 Å². The summed E-state index contributed by atoms with van der Waals surface area (Å²) in [6.45, 7) is 0.452. The van der Waals surface area contributed by atoms with Gasteiger partial charge in [0.1, 0.15) is 5.75 Å². The molecule has 1 heterocycles. The molecule has 5 heteroatoms. The van der Waals surface area contributed by atoms with E-state index in [0.29, 0.717) is 36.0 Å². The first-order chi connectivity index (χ1) is 12.7. The summed E-state index contributed by atoms with van der Waals surface area (Å²) in [6.07, 6.45) is 2.76. The predicted molar refractivity (Wildman–Crippen MR) is 102 cm³/mol. The smallest absolute Gasteiger partial charge is 0.220 e. The quantitative estimate of drug-likeness (QED) is 0.654. The van der Waals surface area contributed by atoms with E-state index in [9.17, 15) is 4.79 Å². The summed E-state index contributed by atoms with van der Waals surface area (Å²) in [6, 6.07) is 20.7. The Labute approximate surface area is 157 Å². The average Bonchev–Trinajstić information content (AvgIpc) is 2.66. The Kier molecular flexibility index (Phi) is 6.23. The van der Waals surface area contributed by atoms with Gasteiger partial charge in [-0.2, -0.15) is 0 Å². The van der Waals surface area contributed by atoms with Gasteiger partial charge in [0.2, 0.25) is 11.8 Å². The van der Waals surface area contributed by atoms with Crippen molar-refractivity contribution in [3.63, 3.8) is 0 Å². The molecule has 0 aliphatic heterocycles. The summed E-state index contributed by atoms with van der Waals surface area (Å²) < 4.78 is 5.71. The van der Waals surface area contributed by atoms with E-state index in [1.165, 1.54) is 0 Å². The van der Waals surface area contributed by atoms with Crippen LogP contribution in [0.15, 0.2) is 72.9 Å². The number of aromatic nitrogens is 1. The van der Waals surface area contributed by atoms with Gasteiger partial charge in [-0.3, -0.25) is 4.79 Å². The first-order valence-corrected chi connectivity index (χ1v) is 8.76. The SMILES string of the molecule is O=C(CCc1cccc(Cl)c1)NCc1cccc(Oc2ccccn2)c1. The van der Waals surface area contributed by atoms with Gasteiger partial charge in [0.15, 0.2) is 0 Å². The molecule has 3 rings (SSSR count). The van der Waals surface area contributed by atoms with Crippen molar-refractivity contribution < 1.29 is 9.53 Å². The monoisotopic (exact) mass is 366 g/mol. The molecule has 0 aliphatic rings. The molecular weight excluding hydrogens is 348 g/mol. The number of carbonyl (C=O) groups excluding carboxylic acids is 1. The normalized spacial score (nSPS) is 10.3. The molecule has 1 amide bonds. The highest BCUT2D eigenvalue weighted by atomic mass is 35.5. The zero-order chi connectivity index (χ0) is 18.2. The van der Waals surface area contributed by atoms with E-state index in [4.69, 9.17) is 16.3 Å². The van der Waals surface area contributed by atoms with Gasteiger partial charge < -0.3 is 10.1 Å². The van der Waals surface area contributed by atoms with Gasteiger partial charge in [0, 0.05) is 30.3 Å². The molecule has 2 aromatic carbocycles. The third-order valence-corrected chi connectivity index (χ3v) is 4.01. The van der Waals surface area contributed by atoms with Gasteiger partial charge in [-0.25, -0.2) is 4.98 Å². The summed E-state index contributed by atoms with van der Waals surface area (Å²) in [7, 11) is 0. The molecule has 26 heavy (non-hydrogen) atoms. The van der Waals surface area contributed by atoms with Crippen molar-refractivity contribution in [2.45, 2.75) is 19.4 Å². The van der Waals surface area contributed by atoms with Crippen LogP contribution >= 0.6 is 11.6 Å². The van der Waals surface area contributed by atoms with Gasteiger partial charge in [-0.1, -0.05) is 41.9 Å². The number of nitrogens with one attached hydrogen (secondary N) is 1. The number of pyridine rings is 1. The van der Waals surface area contributed by atoms with Crippen molar-refractivity contribution in [3.05, 3.63) is 89.1 Å². The van der Waals surface area contributed by atoms with Crippen LogP contribution in [0.2, 0.25) is 5.02 Å². The maximum atomic E-state index is 12.1. The Morgan fingerprint density at radius 1 is 1.00 bits per heavy atom. The molecule has 0 atom stereocenters. The number of carbonyl (C=O) groups is 1. The Balaban J connectivity index is 1.49. The number of ether oxygens (including phenoxy) is 1. The van der Waals surface area contributed by atoms with Crippen molar-refractivity contribution >= 4 is 17.5 Å². The lowest BCUT2D eigenvalue weighted by atomic mass is 10.1. The molecule has 0 aliphatic carbocycles. The van der Waals surface area contributed by atoms with Crippen LogP contribution in [0, 0.1) is 0 Å². The van der Waals surface area contributed by atoms with Crippen LogP contribution in [0.25, 0.3) is 0 Å². The zero-order valence-electron chi connectivity index (χ0n) is 14.2. The Bertz CT molecular complexity index is 869. The van der Waals surface area contributed by atoms with E-state index in [1.807, 2.05) is 60.7 Å². The highest BCUT2D eigenvalue weighted by Gasteiger charge is 2.04. The topological polar surface area (TPSA) is 51.2 Å². The minimum absolute atomic E-state index is 0.000947. The molecule has 0 radical (unpaired) electrons. The molecule has 3 aromatic rings. The number of benzene rings is 2. The van der Waals surface area contributed by atoms with Crippen LogP contribution in [0.4, 0.5) is 0 Å². The lowest BCUT2D eigenvalue weighted by Crippen LogP contribution is -2.22. The van der Waals surface area contributed by atoms with Gasteiger partial charge in [-0.05, 0) is 47.9 Å². The van der Waals surface area contributed by atoms with Gasteiger partial charge in [-0.15, -0.1) is 0 Å². The molecule has 1 aromatic heterocycles. The molecule has 0 bridgehead atoms. The third-order valence-electron chi connectivity index (χ3n) is 3.78. The van der Waals surface area contributed by atoms with E-state index < -0.39 is 0 Å². The number of hydrogen-bond acceptors (Lipinski definition) is 3. The van der Waals surface area contributed by atoms with Crippen LogP contribution in [0.5, 0.6) is 11.6 Å². The molecule has 4 nitrogen and oxygen atoms in total. The van der Waals surface area contributed by atoms with Crippen molar-refractivity contribution in [1.82, 2.24) is 10.3 Å². The second-order valence-electron chi connectivity index (χ2n) is 5.82. The van der Waals surface area contributed by atoms with Crippen molar-refractivity contribution in [2.75, 3.05) is 0 Å². The number of hydrogen-bond donors (Lipinski definition) is 1. The fraction of sp³-hybridized carbons (Fsp3) is 0.143. The average molecular weight is 367 g/mol. The van der Waals surface area contributed by atoms with Crippen molar-refractivity contribution in [3.8, 4) is 11.6 Å². The summed E-state index contributed by atoms with van der Waals surface area (Å²) in [5.41, 5.74) is 2.02. The molecular formula is C21H19ClN2O2. The van der Waals surface area contributed by atoms with E-state index in [1.54, 1.807) is 12.3 Å². The molecule has 0 fully saturated rings. The Morgan fingerprint density at radius 3 is 2.65 bits per heavy atom. The summed E-state index contributed by atoms with van der Waals surface area (Å²) in [5, 5.41) is 3.62. The largest absolute Gasteiger partial charge is 0.439 e. The standard InChI is InChI=1S/C21H19ClN2O2/c22-18-7-3-5-16(13-18)10-11-20(25)24-15-17-6-4-8-19(14-17)26-21-9-1-2-12-23-21/h1-9,12-14H,10-11,15H2,(H,24,25). The van der Waals surface area contributed by atoms with E-state index in [2.05, 4.69) is 10.3 Å². The summed E-state index contributed by atoms with van der Waals surface area (Å²) in [5.74, 6) is 1.23. The van der Waals surface area contributed by atoms with Crippen molar-refractivity contribution in [1.29, 1.82) is 0 Å². The second kappa shape index (κ2) is 9.02. The fourth-order valence-corrected chi connectivity index (χ4v) is 2.70. The highest BCUT2D eigenvalue weighted by molar-refractivity contribution is 6.30. The van der Waals surface area contributed by atoms with Gasteiger partial charge in [0.25, 0.3) is 0 Å². The van der Waals surface area contributed by atoms with Gasteiger partial charge >= 0.3 is 0 Å². The molecule has 132 valence electrons. The molecule has 1 N–H and O–H groups in total. The Morgan fingerprint density at radius 2 is 1.85 bits per heavy atom. The van der Waals surface area contributed by atoms with Crippen LogP contribution in [-0.4, -0.2) is 10.9 Å². The third kappa shape index (κ3) is 5.60. The first kappa shape index (κ1) is 18.0. The summed E-state index contributed by atoms with van der Waals surface area (Å²) in [4.78, 5) is 16.2. The molecule has 0 unspecified atom stereocenters. The zero-order valence-corrected chi connectivity index (χ0v) is 14.9. The lowest BCUT2D eigenvalue weighted by Gasteiger charge is -2.08.